The summed E-state index contributed by atoms with van der Waals surface area (Å²) >= 11 is 0. The molecular formula is C20H19FN8O. The van der Waals surface area contributed by atoms with Gasteiger partial charge in [-0.3, -0.25) is 9.89 Å². The third-order valence-corrected chi connectivity index (χ3v) is 4.58. The number of aromatic amines is 1. The molecule has 2 heterocycles. The van der Waals surface area contributed by atoms with Crippen molar-refractivity contribution in [3.63, 3.8) is 0 Å². The van der Waals surface area contributed by atoms with E-state index in [1.165, 1.54) is 16.8 Å². The fourth-order valence-electron chi connectivity index (χ4n) is 3.09. The van der Waals surface area contributed by atoms with Crippen LogP contribution in [-0.4, -0.2) is 41.3 Å². The van der Waals surface area contributed by atoms with Crippen LogP contribution in [0.25, 0.3) is 11.4 Å². The first kappa shape index (κ1) is 19.4. The molecule has 0 aliphatic rings. The van der Waals surface area contributed by atoms with Crippen LogP contribution in [0.4, 0.5) is 10.1 Å². The number of benzene rings is 2. The summed E-state index contributed by atoms with van der Waals surface area (Å²) in [7, 11) is 0. The highest BCUT2D eigenvalue weighted by molar-refractivity contribution is 5.94. The van der Waals surface area contributed by atoms with Crippen molar-refractivity contribution in [1.82, 2.24) is 35.4 Å². The number of nitrogens with one attached hydrogen (secondary N) is 2. The highest BCUT2D eigenvalue weighted by Gasteiger charge is 2.24. The number of H-pyrrole nitrogens is 1. The second kappa shape index (κ2) is 8.19. The van der Waals surface area contributed by atoms with Gasteiger partial charge in [-0.15, -0.1) is 5.10 Å². The van der Waals surface area contributed by atoms with Gasteiger partial charge in [-0.2, -0.15) is 5.10 Å². The third-order valence-electron chi connectivity index (χ3n) is 4.58. The highest BCUT2D eigenvalue weighted by atomic mass is 19.1. The normalized spacial score (nSPS) is 12.0. The van der Waals surface area contributed by atoms with Crippen molar-refractivity contribution in [2.45, 2.75) is 26.3 Å². The van der Waals surface area contributed by atoms with E-state index < -0.39 is 6.04 Å². The SMILES string of the molecule is Cc1nc(-c2cccc(NC(=O)C(Cc3ccc(F)cc3)n3nnnc3C)c2)n[nH]1. The van der Waals surface area contributed by atoms with Gasteiger partial charge in [-0.1, -0.05) is 24.3 Å². The van der Waals surface area contributed by atoms with Crippen LogP contribution >= 0.6 is 0 Å². The number of amides is 1. The molecule has 2 N–H and O–H groups in total. The molecule has 0 saturated carbocycles. The van der Waals surface area contributed by atoms with Crippen molar-refractivity contribution in [2.75, 3.05) is 5.32 Å². The van der Waals surface area contributed by atoms with Crippen LogP contribution in [0, 0.1) is 19.7 Å². The molecule has 1 unspecified atom stereocenters. The molecule has 4 rings (SSSR count). The molecule has 10 heteroatoms. The first-order chi connectivity index (χ1) is 14.5. The van der Waals surface area contributed by atoms with Gasteiger partial charge in [0.05, 0.1) is 0 Å². The fraction of sp³-hybridized carbons (Fsp3) is 0.200. The summed E-state index contributed by atoms with van der Waals surface area (Å²) in [6.45, 7) is 3.54. The quantitative estimate of drug-likeness (QED) is 0.509. The molecule has 0 saturated heterocycles. The Morgan fingerprint density at radius 3 is 2.67 bits per heavy atom. The number of aromatic nitrogens is 7. The summed E-state index contributed by atoms with van der Waals surface area (Å²) in [5.41, 5.74) is 2.15. The Balaban J connectivity index is 1.59. The lowest BCUT2D eigenvalue weighted by Crippen LogP contribution is -2.29. The fourth-order valence-corrected chi connectivity index (χ4v) is 3.09. The number of halogens is 1. The smallest absolute Gasteiger partial charge is 0.249 e. The summed E-state index contributed by atoms with van der Waals surface area (Å²) < 4.78 is 14.7. The molecule has 30 heavy (non-hydrogen) atoms. The number of hydrogen-bond donors (Lipinski definition) is 2. The van der Waals surface area contributed by atoms with Gasteiger partial charge in [0.2, 0.25) is 5.91 Å². The second-order valence-corrected chi connectivity index (χ2v) is 6.83. The van der Waals surface area contributed by atoms with Crippen LogP contribution in [-0.2, 0) is 11.2 Å². The summed E-state index contributed by atoms with van der Waals surface area (Å²) in [5, 5.41) is 21.3. The Bertz CT molecular complexity index is 1170. The van der Waals surface area contributed by atoms with Crippen molar-refractivity contribution < 1.29 is 9.18 Å². The van der Waals surface area contributed by atoms with Crippen molar-refractivity contribution >= 4 is 11.6 Å². The van der Waals surface area contributed by atoms with Crippen molar-refractivity contribution in [3.8, 4) is 11.4 Å². The zero-order valence-corrected chi connectivity index (χ0v) is 16.4. The lowest BCUT2D eigenvalue weighted by Gasteiger charge is -2.18. The number of tetrazole rings is 1. The molecule has 2 aromatic carbocycles. The first-order valence-electron chi connectivity index (χ1n) is 9.29. The molecule has 4 aromatic rings. The van der Waals surface area contributed by atoms with Gasteiger partial charge < -0.3 is 5.32 Å². The van der Waals surface area contributed by atoms with Gasteiger partial charge in [0, 0.05) is 17.7 Å². The molecule has 0 aliphatic heterocycles. The lowest BCUT2D eigenvalue weighted by atomic mass is 10.0. The van der Waals surface area contributed by atoms with Crippen molar-refractivity contribution in [3.05, 3.63) is 71.6 Å². The predicted molar refractivity (Wildman–Crippen MR) is 107 cm³/mol. The summed E-state index contributed by atoms with van der Waals surface area (Å²) in [5.74, 6) is 1.12. The van der Waals surface area contributed by atoms with E-state index in [9.17, 15) is 9.18 Å². The minimum Gasteiger partial charge on any atom is -0.324 e. The molecule has 0 radical (unpaired) electrons. The molecular weight excluding hydrogens is 387 g/mol. The number of nitrogens with zero attached hydrogens (tertiary/aromatic N) is 6. The summed E-state index contributed by atoms with van der Waals surface area (Å²) in [6, 6.07) is 12.5. The number of carbonyl (C=O) groups is 1. The number of carbonyl (C=O) groups excluding carboxylic acids is 1. The number of anilines is 1. The molecule has 9 nitrogen and oxygen atoms in total. The van der Waals surface area contributed by atoms with Gasteiger partial charge in [0.25, 0.3) is 0 Å². The molecule has 2 aromatic heterocycles. The van der Waals surface area contributed by atoms with E-state index in [1.807, 2.05) is 19.1 Å². The van der Waals surface area contributed by atoms with Crippen LogP contribution in [0.2, 0.25) is 0 Å². The molecule has 0 bridgehead atoms. The monoisotopic (exact) mass is 406 g/mol. The maximum Gasteiger partial charge on any atom is 0.249 e. The summed E-state index contributed by atoms with van der Waals surface area (Å²) in [4.78, 5) is 17.5. The molecule has 0 aliphatic carbocycles. The third kappa shape index (κ3) is 4.22. The second-order valence-electron chi connectivity index (χ2n) is 6.83. The standard InChI is InChI=1S/C20H19FN8O/c1-12-22-19(26-24-12)15-4-3-5-17(11-15)23-20(30)18(29-13(2)25-27-28-29)10-14-6-8-16(21)9-7-14/h3-9,11,18H,10H2,1-2H3,(H,23,30)(H,22,24,26). The van der Waals surface area contributed by atoms with Crippen LogP contribution in [0.5, 0.6) is 0 Å². The lowest BCUT2D eigenvalue weighted by molar-refractivity contribution is -0.119. The topological polar surface area (TPSA) is 114 Å². The maximum absolute atomic E-state index is 13.3. The van der Waals surface area contributed by atoms with E-state index in [2.05, 4.69) is 36.0 Å². The van der Waals surface area contributed by atoms with Crippen LogP contribution in [0.3, 0.4) is 0 Å². The number of hydrogen-bond acceptors (Lipinski definition) is 6. The maximum atomic E-state index is 13.3. The molecule has 1 amide bonds. The van der Waals surface area contributed by atoms with Gasteiger partial charge in [-0.25, -0.2) is 14.1 Å². The van der Waals surface area contributed by atoms with Crippen LogP contribution < -0.4 is 5.32 Å². The van der Waals surface area contributed by atoms with Gasteiger partial charge in [0.15, 0.2) is 5.82 Å². The van der Waals surface area contributed by atoms with Gasteiger partial charge >= 0.3 is 0 Å². The van der Waals surface area contributed by atoms with E-state index in [0.717, 1.165) is 11.1 Å². The first-order valence-corrected chi connectivity index (χ1v) is 9.29. The zero-order valence-electron chi connectivity index (χ0n) is 16.4. The van der Waals surface area contributed by atoms with Crippen LogP contribution in [0.1, 0.15) is 23.3 Å². The Morgan fingerprint density at radius 1 is 1.20 bits per heavy atom. The van der Waals surface area contributed by atoms with Crippen LogP contribution in [0.15, 0.2) is 48.5 Å². The number of rotatable bonds is 6. The van der Waals surface area contributed by atoms with E-state index in [0.29, 0.717) is 29.6 Å². The Hall–Kier alpha value is -3.95. The van der Waals surface area contributed by atoms with E-state index in [4.69, 9.17) is 0 Å². The molecule has 0 spiro atoms. The van der Waals surface area contributed by atoms with Crippen molar-refractivity contribution in [1.29, 1.82) is 0 Å². The summed E-state index contributed by atoms with van der Waals surface area (Å²) in [6.07, 6.45) is 0.303. The number of aryl methyl sites for hydroxylation is 2. The molecule has 1 atom stereocenters. The Labute approximate surface area is 171 Å². The van der Waals surface area contributed by atoms with Crippen molar-refractivity contribution in [2.24, 2.45) is 0 Å². The molecule has 152 valence electrons. The minimum absolute atomic E-state index is 0.293. The van der Waals surface area contributed by atoms with Gasteiger partial charge in [-0.05, 0) is 54.1 Å². The Kier molecular flexibility index (Phi) is 5.29. The van der Waals surface area contributed by atoms with Gasteiger partial charge in [0.1, 0.15) is 23.5 Å². The zero-order chi connectivity index (χ0) is 21.1. The molecule has 0 fully saturated rings. The predicted octanol–water partition coefficient (Wildman–Crippen LogP) is 2.64. The minimum atomic E-state index is -0.708. The van der Waals surface area contributed by atoms with E-state index in [1.54, 1.807) is 31.2 Å². The van der Waals surface area contributed by atoms with E-state index in [-0.39, 0.29) is 11.7 Å². The highest BCUT2D eigenvalue weighted by Crippen LogP contribution is 2.22. The average Bonchev–Trinajstić information content (AvgIpc) is 3.36. The Morgan fingerprint density at radius 2 is 2.00 bits per heavy atom. The average molecular weight is 406 g/mol. The largest absolute Gasteiger partial charge is 0.324 e. The van der Waals surface area contributed by atoms with E-state index >= 15 is 0 Å².